The van der Waals surface area contributed by atoms with Gasteiger partial charge in [0.05, 0.1) is 6.07 Å². The van der Waals surface area contributed by atoms with Crippen molar-refractivity contribution in [3.63, 3.8) is 0 Å². The van der Waals surface area contributed by atoms with Gasteiger partial charge in [0.25, 0.3) is 5.91 Å². The standard InChI is InChI=1S/C12H14N4OS/c1-2-9-5-3-4-6-10(9)14-12(18)16-15-11(17)7-8-13/h3-6H,2,7H2,1H3,(H,15,17)(H2,14,16,18). The van der Waals surface area contributed by atoms with E-state index < -0.39 is 5.91 Å². The molecule has 0 aliphatic carbocycles. The normalized spacial score (nSPS) is 9.11. The van der Waals surface area contributed by atoms with Gasteiger partial charge >= 0.3 is 0 Å². The van der Waals surface area contributed by atoms with Crippen molar-refractivity contribution in [2.24, 2.45) is 0 Å². The Labute approximate surface area is 111 Å². The molecule has 5 nitrogen and oxygen atoms in total. The summed E-state index contributed by atoms with van der Waals surface area (Å²) in [5.41, 5.74) is 6.89. The van der Waals surface area contributed by atoms with Crippen molar-refractivity contribution in [3.05, 3.63) is 29.8 Å². The van der Waals surface area contributed by atoms with Crippen LogP contribution >= 0.6 is 12.2 Å². The monoisotopic (exact) mass is 262 g/mol. The summed E-state index contributed by atoms with van der Waals surface area (Å²) >= 11 is 5.03. The Morgan fingerprint density at radius 3 is 2.78 bits per heavy atom. The summed E-state index contributed by atoms with van der Waals surface area (Å²) in [6.07, 6.45) is 0.674. The summed E-state index contributed by atoms with van der Waals surface area (Å²) in [5.74, 6) is -0.426. The maximum atomic E-state index is 11.0. The molecule has 0 unspecified atom stereocenters. The molecule has 0 aliphatic heterocycles. The number of nitriles is 1. The van der Waals surface area contributed by atoms with Crippen LogP contribution in [0.5, 0.6) is 0 Å². The number of carbonyl (C=O) groups excluding carboxylic acids is 1. The molecule has 1 aromatic rings. The molecule has 1 rings (SSSR count). The maximum Gasteiger partial charge on any atom is 0.252 e. The highest BCUT2D eigenvalue weighted by Crippen LogP contribution is 2.14. The van der Waals surface area contributed by atoms with Crippen LogP contribution in [0.25, 0.3) is 0 Å². The molecule has 1 amide bonds. The van der Waals surface area contributed by atoms with Crippen molar-refractivity contribution >= 4 is 28.9 Å². The number of hydrogen-bond donors (Lipinski definition) is 3. The minimum Gasteiger partial charge on any atom is -0.331 e. The summed E-state index contributed by atoms with van der Waals surface area (Å²) in [7, 11) is 0. The highest BCUT2D eigenvalue weighted by atomic mass is 32.1. The predicted octanol–water partition coefficient (Wildman–Crippen LogP) is 1.48. The lowest BCUT2D eigenvalue weighted by Gasteiger charge is -2.13. The molecule has 6 heteroatoms. The van der Waals surface area contributed by atoms with E-state index in [4.69, 9.17) is 17.5 Å². The summed E-state index contributed by atoms with van der Waals surface area (Å²) in [6.45, 7) is 2.05. The first-order valence-electron chi connectivity index (χ1n) is 5.48. The summed E-state index contributed by atoms with van der Waals surface area (Å²) in [5, 5.41) is 11.6. The molecule has 0 fully saturated rings. The summed E-state index contributed by atoms with van der Waals surface area (Å²) in [6, 6.07) is 9.50. The van der Waals surface area contributed by atoms with E-state index in [-0.39, 0.29) is 11.5 Å². The Kier molecular flexibility index (Phi) is 5.61. The van der Waals surface area contributed by atoms with E-state index >= 15 is 0 Å². The number of thiocarbonyl (C=S) groups is 1. The Hall–Kier alpha value is -2.13. The Morgan fingerprint density at radius 2 is 2.11 bits per heavy atom. The zero-order valence-corrected chi connectivity index (χ0v) is 10.8. The average Bonchev–Trinajstić information content (AvgIpc) is 2.37. The van der Waals surface area contributed by atoms with Gasteiger partial charge in [-0.15, -0.1) is 0 Å². The van der Waals surface area contributed by atoms with Crippen LogP contribution in [-0.4, -0.2) is 11.0 Å². The largest absolute Gasteiger partial charge is 0.331 e. The van der Waals surface area contributed by atoms with Crippen LogP contribution in [0.1, 0.15) is 18.9 Å². The first kappa shape index (κ1) is 13.9. The molecule has 0 saturated carbocycles. The number of rotatable bonds is 3. The lowest BCUT2D eigenvalue weighted by molar-refractivity contribution is -0.120. The molecular weight excluding hydrogens is 248 g/mol. The molecule has 0 saturated heterocycles. The molecule has 1 aromatic carbocycles. The van der Waals surface area contributed by atoms with Gasteiger partial charge in [0.15, 0.2) is 5.11 Å². The van der Waals surface area contributed by atoms with Crippen LogP contribution in [0.3, 0.4) is 0 Å². The topological polar surface area (TPSA) is 76.9 Å². The minimum absolute atomic E-state index is 0.207. The minimum atomic E-state index is -0.426. The van der Waals surface area contributed by atoms with Gasteiger partial charge in [-0.05, 0) is 30.3 Å². The van der Waals surface area contributed by atoms with Crippen molar-refractivity contribution < 1.29 is 4.79 Å². The fraction of sp³-hybridized carbons (Fsp3) is 0.250. The quantitative estimate of drug-likeness (QED) is 0.568. The molecule has 3 N–H and O–H groups in total. The number of anilines is 1. The van der Waals surface area contributed by atoms with Crippen LogP contribution < -0.4 is 16.2 Å². The Morgan fingerprint density at radius 1 is 1.39 bits per heavy atom. The van der Waals surface area contributed by atoms with Gasteiger partial charge in [-0.2, -0.15) is 5.26 Å². The fourth-order valence-electron chi connectivity index (χ4n) is 1.35. The molecule has 0 aromatic heterocycles. The van der Waals surface area contributed by atoms with Crippen molar-refractivity contribution in [1.29, 1.82) is 5.26 Å². The van der Waals surface area contributed by atoms with Gasteiger partial charge in [0, 0.05) is 5.69 Å². The second-order valence-corrected chi connectivity index (χ2v) is 3.88. The smallest absolute Gasteiger partial charge is 0.252 e. The van der Waals surface area contributed by atoms with Crippen LogP contribution in [-0.2, 0) is 11.2 Å². The maximum absolute atomic E-state index is 11.0. The number of hydrogen-bond acceptors (Lipinski definition) is 3. The molecule has 0 spiro atoms. The number of aryl methyl sites for hydroxylation is 1. The van der Waals surface area contributed by atoms with Crippen molar-refractivity contribution in [2.75, 3.05) is 5.32 Å². The number of hydrazine groups is 1. The van der Waals surface area contributed by atoms with Crippen LogP contribution in [0.4, 0.5) is 5.69 Å². The first-order chi connectivity index (χ1) is 8.67. The molecule has 0 bridgehead atoms. The molecular formula is C12H14N4OS. The third-order valence-electron chi connectivity index (χ3n) is 2.20. The third-order valence-corrected chi connectivity index (χ3v) is 2.41. The van der Waals surface area contributed by atoms with Crippen molar-refractivity contribution in [3.8, 4) is 6.07 Å². The zero-order chi connectivity index (χ0) is 13.4. The van der Waals surface area contributed by atoms with Crippen molar-refractivity contribution in [2.45, 2.75) is 19.8 Å². The van der Waals surface area contributed by atoms with Gasteiger partial charge in [-0.1, -0.05) is 25.1 Å². The number of nitrogens with zero attached hydrogens (tertiary/aromatic N) is 1. The SMILES string of the molecule is CCc1ccccc1NC(=S)NNC(=O)CC#N. The van der Waals surface area contributed by atoms with E-state index in [1.165, 1.54) is 0 Å². The van der Waals surface area contributed by atoms with E-state index in [0.29, 0.717) is 0 Å². The van der Waals surface area contributed by atoms with E-state index in [0.717, 1.165) is 17.7 Å². The first-order valence-corrected chi connectivity index (χ1v) is 5.89. The fourth-order valence-corrected chi connectivity index (χ4v) is 1.51. The number of benzene rings is 1. The van der Waals surface area contributed by atoms with E-state index in [1.807, 2.05) is 31.2 Å². The van der Waals surface area contributed by atoms with Gasteiger partial charge < -0.3 is 5.32 Å². The van der Waals surface area contributed by atoms with Gasteiger partial charge in [-0.25, -0.2) is 0 Å². The molecule has 94 valence electrons. The lowest BCUT2D eigenvalue weighted by Crippen LogP contribution is -2.43. The molecule has 0 atom stereocenters. The van der Waals surface area contributed by atoms with Crippen LogP contribution in [0.2, 0.25) is 0 Å². The Bertz CT molecular complexity index is 481. The van der Waals surface area contributed by atoms with E-state index in [9.17, 15) is 4.79 Å². The van der Waals surface area contributed by atoms with Gasteiger partial charge in [0.2, 0.25) is 0 Å². The van der Waals surface area contributed by atoms with Gasteiger partial charge in [0.1, 0.15) is 6.42 Å². The van der Waals surface area contributed by atoms with E-state index in [2.05, 4.69) is 16.2 Å². The second-order valence-electron chi connectivity index (χ2n) is 3.47. The van der Waals surface area contributed by atoms with Gasteiger partial charge in [-0.3, -0.25) is 15.6 Å². The second kappa shape index (κ2) is 7.25. The van der Waals surface area contributed by atoms with E-state index in [1.54, 1.807) is 6.07 Å². The average molecular weight is 262 g/mol. The Balaban J connectivity index is 2.50. The summed E-state index contributed by atoms with van der Waals surface area (Å²) < 4.78 is 0. The number of amides is 1. The molecule has 0 aliphatic rings. The van der Waals surface area contributed by atoms with Crippen LogP contribution in [0, 0.1) is 11.3 Å². The predicted molar refractivity (Wildman–Crippen MR) is 73.5 cm³/mol. The number of carbonyl (C=O) groups is 1. The lowest BCUT2D eigenvalue weighted by atomic mass is 10.1. The van der Waals surface area contributed by atoms with Crippen molar-refractivity contribution in [1.82, 2.24) is 10.9 Å². The molecule has 0 radical (unpaired) electrons. The molecule has 0 heterocycles. The zero-order valence-electron chi connectivity index (χ0n) is 9.99. The highest BCUT2D eigenvalue weighted by Gasteiger charge is 2.03. The molecule has 18 heavy (non-hydrogen) atoms. The summed E-state index contributed by atoms with van der Waals surface area (Å²) in [4.78, 5) is 11.0. The van der Waals surface area contributed by atoms with Crippen LogP contribution in [0.15, 0.2) is 24.3 Å². The number of nitrogens with one attached hydrogen (secondary N) is 3. The highest BCUT2D eigenvalue weighted by molar-refractivity contribution is 7.80. The third kappa shape index (κ3) is 4.39. The number of para-hydroxylation sites is 1.